The van der Waals surface area contributed by atoms with Crippen LogP contribution in [0.1, 0.15) is 78.7 Å². The van der Waals surface area contributed by atoms with Gasteiger partial charge in [0.05, 0.1) is 0 Å². The Bertz CT molecular complexity index is 1150. The molecule has 34 heavy (non-hydrogen) atoms. The molecule has 0 atom stereocenters. The van der Waals surface area contributed by atoms with Crippen molar-refractivity contribution in [2.45, 2.75) is 57.9 Å². The lowest BCUT2D eigenvalue weighted by atomic mass is 9.84. The van der Waals surface area contributed by atoms with E-state index >= 15 is 0 Å². The Hall–Kier alpha value is -3.35. The lowest BCUT2D eigenvalue weighted by Gasteiger charge is -2.31. The highest BCUT2D eigenvalue weighted by Crippen LogP contribution is 2.49. The summed E-state index contributed by atoms with van der Waals surface area (Å²) in [6.45, 7) is 8.09. The van der Waals surface area contributed by atoms with Crippen LogP contribution in [-0.2, 0) is 0 Å². The zero-order valence-corrected chi connectivity index (χ0v) is 20.1. The zero-order chi connectivity index (χ0) is 23.9. The molecule has 7 heteroatoms. The molecule has 7 nitrogen and oxygen atoms in total. The summed E-state index contributed by atoms with van der Waals surface area (Å²) in [4.78, 5) is 29.8. The number of amides is 2. The Morgan fingerprint density at radius 1 is 1.00 bits per heavy atom. The SMILES string of the molecule is CC(C)(C)C1(NC(=O)c2cccc(Nc3ccc(C(=O)N=C4NCCN4)cc3C3CC3)c2)CC1. The van der Waals surface area contributed by atoms with Gasteiger partial charge in [0, 0.05) is 41.1 Å². The highest BCUT2D eigenvalue weighted by Gasteiger charge is 2.52. The first kappa shape index (κ1) is 22.4. The van der Waals surface area contributed by atoms with E-state index in [1.54, 1.807) is 0 Å². The second-order valence-corrected chi connectivity index (χ2v) is 10.7. The largest absolute Gasteiger partial charge is 0.355 e. The molecular weight excluding hydrogens is 426 g/mol. The highest BCUT2D eigenvalue weighted by molar-refractivity contribution is 6.03. The van der Waals surface area contributed by atoms with Crippen molar-refractivity contribution in [3.63, 3.8) is 0 Å². The van der Waals surface area contributed by atoms with Crippen LogP contribution in [0.4, 0.5) is 11.4 Å². The summed E-state index contributed by atoms with van der Waals surface area (Å²) in [5.74, 6) is 0.692. The first-order valence-electron chi connectivity index (χ1n) is 12.2. The fraction of sp³-hybridized carbons (Fsp3) is 0.444. The molecule has 1 heterocycles. The summed E-state index contributed by atoms with van der Waals surface area (Å²) in [5.41, 5.74) is 4.10. The van der Waals surface area contributed by atoms with Crippen LogP contribution in [0.5, 0.6) is 0 Å². The van der Waals surface area contributed by atoms with E-state index in [1.807, 2.05) is 42.5 Å². The van der Waals surface area contributed by atoms with Gasteiger partial charge in [-0.05, 0) is 79.0 Å². The number of benzene rings is 2. The molecule has 3 aliphatic rings. The first-order chi connectivity index (χ1) is 16.2. The number of hydrogen-bond donors (Lipinski definition) is 4. The van der Waals surface area contributed by atoms with Gasteiger partial charge >= 0.3 is 0 Å². The number of aliphatic imine (C=N–C) groups is 1. The third-order valence-electron chi connectivity index (χ3n) is 7.18. The summed E-state index contributed by atoms with van der Waals surface area (Å²) in [7, 11) is 0. The molecule has 0 spiro atoms. The van der Waals surface area contributed by atoms with Crippen LogP contribution in [0, 0.1) is 5.41 Å². The number of carbonyl (C=O) groups is 2. The maximum atomic E-state index is 13.0. The van der Waals surface area contributed by atoms with Crippen molar-refractivity contribution in [1.82, 2.24) is 16.0 Å². The van der Waals surface area contributed by atoms with Crippen molar-refractivity contribution in [2.75, 3.05) is 18.4 Å². The lowest BCUT2D eigenvalue weighted by Crippen LogP contribution is -2.46. The topological polar surface area (TPSA) is 94.6 Å². The molecule has 2 aromatic rings. The van der Waals surface area contributed by atoms with E-state index in [4.69, 9.17) is 0 Å². The Labute approximate surface area is 200 Å². The second-order valence-electron chi connectivity index (χ2n) is 10.7. The molecule has 1 aliphatic heterocycles. The number of rotatable bonds is 6. The predicted octanol–water partition coefficient (Wildman–Crippen LogP) is 4.31. The molecule has 0 unspecified atom stereocenters. The van der Waals surface area contributed by atoms with Gasteiger partial charge in [0.2, 0.25) is 0 Å². The van der Waals surface area contributed by atoms with Gasteiger partial charge in [0.25, 0.3) is 11.8 Å². The molecule has 0 radical (unpaired) electrons. The number of anilines is 2. The molecule has 3 fully saturated rings. The Kier molecular flexibility index (Phi) is 5.58. The van der Waals surface area contributed by atoms with Crippen LogP contribution in [0.25, 0.3) is 0 Å². The molecule has 2 saturated carbocycles. The van der Waals surface area contributed by atoms with Gasteiger partial charge in [-0.25, -0.2) is 0 Å². The Morgan fingerprint density at radius 2 is 1.74 bits per heavy atom. The van der Waals surface area contributed by atoms with Crippen LogP contribution < -0.4 is 21.3 Å². The quantitative estimate of drug-likeness (QED) is 0.517. The molecule has 0 bridgehead atoms. The highest BCUT2D eigenvalue weighted by atomic mass is 16.2. The van der Waals surface area contributed by atoms with E-state index in [0.717, 1.165) is 55.7 Å². The Balaban J connectivity index is 1.34. The van der Waals surface area contributed by atoms with Crippen molar-refractivity contribution in [3.8, 4) is 0 Å². The minimum atomic E-state index is -0.253. The molecule has 0 aromatic heterocycles. The van der Waals surface area contributed by atoms with Crippen LogP contribution in [0.15, 0.2) is 47.5 Å². The number of nitrogens with zero attached hydrogens (tertiary/aromatic N) is 1. The lowest BCUT2D eigenvalue weighted by molar-refractivity contribution is 0.0887. The van der Waals surface area contributed by atoms with Crippen molar-refractivity contribution >= 4 is 29.1 Å². The predicted molar refractivity (Wildman–Crippen MR) is 135 cm³/mol. The number of nitrogens with one attached hydrogen (secondary N) is 4. The Morgan fingerprint density at radius 3 is 2.38 bits per heavy atom. The third-order valence-corrected chi connectivity index (χ3v) is 7.18. The summed E-state index contributed by atoms with van der Waals surface area (Å²) < 4.78 is 0. The van der Waals surface area contributed by atoms with Gasteiger partial charge in [-0.1, -0.05) is 26.8 Å². The van der Waals surface area contributed by atoms with E-state index < -0.39 is 0 Å². The number of carbonyl (C=O) groups excluding carboxylic acids is 2. The minimum absolute atomic E-state index is 0.0333. The summed E-state index contributed by atoms with van der Waals surface area (Å²) in [6, 6.07) is 13.3. The molecule has 2 aromatic carbocycles. The van der Waals surface area contributed by atoms with Crippen LogP contribution >= 0.6 is 0 Å². The van der Waals surface area contributed by atoms with Crippen molar-refractivity contribution in [3.05, 3.63) is 59.2 Å². The van der Waals surface area contributed by atoms with Crippen molar-refractivity contribution < 1.29 is 9.59 Å². The number of hydrogen-bond acceptors (Lipinski definition) is 3. The monoisotopic (exact) mass is 459 g/mol. The van der Waals surface area contributed by atoms with Gasteiger partial charge in [-0.3, -0.25) is 9.59 Å². The van der Waals surface area contributed by atoms with E-state index in [0.29, 0.717) is 23.0 Å². The molecule has 5 rings (SSSR count). The first-order valence-corrected chi connectivity index (χ1v) is 12.2. The van der Waals surface area contributed by atoms with Gasteiger partial charge in [0.15, 0.2) is 5.96 Å². The van der Waals surface area contributed by atoms with Gasteiger partial charge < -0.3 is 21.3 Å². The normalized spacial score (nSPS) is 18.5. The second kappa shape index (κ2) is 8.46. The fourth-order valence-electron chi connectivity index (χ4n) is 4.58. The molecule has 4 N–H and O–H groups in total. The van der Waals surface area contributed by atoms with Crippen LogP contribution in [-0.4, -0.2) is 36.4 Å². The standard InChI is InChI=1S/C27H33N5O2/c1-26(2,3)27(11-12-27)32-24(34)18-5-4-6-20(15-18)30-22-10-9-19(16-21(22)17-7-8-17)23(33)31-25-28-13-14-29-25/h4-6,9-10,15-17,30H,7-8,11-14H2,1-3H3,(H,32,34)(H2,28,29,31,33). The number of guanidine groups is 1. The molecule has 2 aliphatic carbocycles. The third kappa shape index (κ3) is 4.65. The minimum Gasteiger partial charge on any atom is -0.355 e. The molecule has 178 valence electrons. The van der Waals surface area contributed by atoms with E-state index in [-0.39, 0.29) is 22.8 Å². The van der Waals surface area contributed by atoms with Crippen LogP contribution in [0.2, 0.25) is 0 Å². The zero-order valence-electron chi connectivity index (χ0n) is 20.1. The van der Waals surface area contributed by atoms with Crippen LogP contribution in [0.3, 0.4) is 0 Å². The van der Waals surface area contributed by atoms with E-state index in [2.05, 4.69) is 47.0 Å². The summed E-state index contributed by atoms with van der Waals surface area (Å²) >= 11 is 0. The van der Waals surface area contributed by atoms with E-state index in [9.17, 15) is 9.59 Å². The molecular formula is C27H33N5O2. The smallest absolute Gasteiger partial charge is 0.280 e. The maximum Gasteiger partial charge on any atom is 0.280 e. The molecule has 2 amide bonds. The van der Waals surface area contributed by atoms with Gasteiger partial charge in [-0.15, -0.1) is 0 Å². The van der Waals surface area contributed by atoms with Gasteiger partial charge in [0.1, 0.15) is 0 Å². The summed E-state index contributed by atoms with van der Waals surface area (Å²) in [5, 5.41) is 12.9. The van der Waals surface area contributed by atoms with E-state index in [1.165, 1.54) is 0 Å². The average Bonchev–Trinajstić information content (AvgIpc) is 3.73. The van der Waals surface area contributed by atoms with Gasteiger partial charge in [-0.2, -0.15) is 4.99 Å². The molecule has 1 saturated heterocycles. The maximum absolute atomic E-state index is 13.0. The average molecular weight is 460 g/mol. The van der Waals surface area contributed by atoms with Crippen molar-refractivity contribution in [1.29, 1.82) is 0 Å². The fourth-order valence-corrected chi connectivity index (χ4v) is 4.58. The van der Waals surface area contributed by atoms with Crippen molar-refractivity contribution in [2.24, 2.45) is 10.4 Å². The summed E-state index contributed by atoms with van der Waals surface area (Å²) in [6.07, 6.45) is 4.27.